The third-order valence-electron chi connectivity index (χ3n) is 6.36. The average Bonchev–Trinajstić information content (AvgIpc) is 3.19. The first kappa shape index (κ1) is 19.1. The Bertz CT molecular complexity index is 807. The van der Waals surface area contributed by atoms with Gasteiger partial charge in [-0.1, -0.05) is 26.0 Å². The Labute approximate surface area is 158 Å². The van der Waals surface area contributed by atoms with Crippen LogP contribution >= 0.6 is 0 Å². The van der Waals surface area contributed by atoms with E-state index in [1.807, 2.05) is 0 Å². The largest absolute Gasteiger partial charge is 0.465 e. The standard InChI is InChI=1S/C21H25NO5/c1-12-20(2,3)15-6-7-21(12,11-15)19(25)22-16-9-13(17(23)26-4)8-14(10-16)18(24)27-5/h8-10,15H,1,6-7,11H2,2-5H3,(H,22,25)/t15-,21+/m1/s1. The van der Waals surface area contributed by atoms with Crippen molar-refractivity contribution in [2.75, 3.05) is 19.5 Å². The van der Waals surface area contributed by atoms with E-state index >= 15 is 0 Å². The first-order valence-electron chi connectivity index (χ1n) is 8.99. The molecule has 2 bridgehead atoms. The van der Waals surface area contributed by atoms with Gasteiger partial charge in [0.2, 0.25) is 5.91 Å². The number of esters is 2. The molecule has 0 spiro atoms. The highest BCUT2D eigenvalue weighted by atomic mass is 16.5. The molecule has 1 N–H and O–H groups in total. The van der Waals surface area contributed by atoms with Crippen molar-refractivity contribution < 1.29 is 23.9 Å². The number of nitrogens with one attached hydrogen (secondary N) is 1. The van der Waals surface area contributed by atoms with Gasteiger partial charge in [-0.2, -0.15) is 0 Å². The van der Waals surface area contributed by atoms with Gasteiger partial charge >= 0.3 is 11.9 Å². The predicted molar refractivity (Wildman–Crippen MR) is 100 cm³/mol. The van der Waals surface area contributed by atoms with Crippen molar-refractivity contribution in [3.8, 4) is 0 Å². The molecule has 0 saturated heterocycles. The summed E-state index contributed by atoms with van der Waals surface area (Å²) in [7, 11) is 2.52. The van der Waals surface area contributed by atoms with Gasteiger partial charge in [0.15, 0.2) is 0 Å². The summed E-state index contributed by atoms with van der Waals surface area (Å²) in [5, 5.41) is 2.89. The first-order chi connectivity index (χ1) is 12.7. The summed E-state index contributed by atoms with van der Waals surface area (Å²) in [6.45, 7) is 8.51. The van der Waals surface area contributed by atoms with Gasteiger partial charge in [-0.25, -0.2) is 9.59 Å². The topological polar surface area (TPSA) is 81.7 Å². The molecule has 2 aliphatic rings. The molecule has 6 heteroatoms. The summed E-state index contributed by atoms with van der Waals surface area (Å²) >= 11 is 0. The Balaban J connectivity index is 1.93. The van der Waals surface area contributed by atoms with Gasteiger partial charge in [-0.15, -0.1) is 0 Å². The lowest BCUT2D eigenvalue weighted by molar-refractivity contribution is -0.123. The minimum Gasteiger partial charge on any atom is -0.465 e. The van der Waals surface area contributed by atoms with E-state index < -0.39 is 17.4 Å². The van der Waals surface area contributed by atoms with E-state index in [1.54, 1.807) is 0 Å². The summed E-state index contributed by atoms with van der Waals surface area (Å²) in [6, 6.07) is 4.39. The molecule has 1 aromatic carbocycles. The van der Waals surface area contributed by atoms with Crippen LogP contribution in [0.2, 0.25) is 0 Å². The van der Waals surface area contributed by atoms with Gasteiger partial charge in [0.1, 0.15) is 0 Å². The van der Waals surface area contributed by atoms with E-state index in [9.17, 15) is 14.4 Å². The van der Waals surface area contributed by atoms with Crippen LogP contribution in [0.5, 0.6) is 0 Å². The number of benzene rings is 1. The van der Waals surface area contributed by atoms with Crippen molar-refractivity contribution in [1.82, 2.24) is 0 Å². The Morgan fingerprint density at radius 2 is 1.63 bits per heavy atom. The Kier molecular flexibility index (Phi) is 4.62. The molecule has 0 unspecified atom stereocenters. The van der Waals surface area contributed by atoms with Crippen LogP contribution in [0, 0.1) is 16.7 Å². The lowest BCUT2D eigenvalue weighted by atomic mass is 9.68. The van der Waals surface area contributed by atoms with Gasteiger partial charge < -0.3 is 14.8 Å². The summed E-state index contributed by atoms with van der Waals surface area (Å²) in [6.07, 6.45) is 2.55. The highest BCUT2D eigenvalue weighted by Gasteiger charge is 2.60. The van der Waals surface area contributed by atoms with Crippen LogP contribution in [-0.2, 0) is 14.3 Å². The fraction of sp³-hybridized carbons (Fsp3) is 0.476. The zero-order valence-corrected chi connectivity index (χ0v) is 16.2. The molecule has 2 fully saturated rings. The normalized spacial score (nSPS) is 25.2. The molecule has 144 valence electrons. The third kappa shape index (κ3) is 2.93. The highest BCUT2D eigenvalue weighted by molar-refractivity contribution is 6.02. The fourth-order valence-electron chi connectivity index (χ4n) is 4.56. The van der Waals surface area contributed by atoms with E-state index in [2.05, 4.69) is 25.7 Å². The van der Waals surface area contributed by atoms with E-state index in [0.717, 1.165) is 24.8 Å². The second-order valence-electron chi connectivity index (χ2n) is 7.96. The number of ether oxygens (including phenoxy) is 2. The zero-order valence-electron chi connectivity index (χ0n) is 16.2. The monoisotopic (exact) mass is 371 g/mol. The number of hydrogen-bond donors (Lipinski definition) is 1. The molecule has 0 aromatic heterocycles. The zero-order chi connectivity index (χ0) is 20.0. The maximum atomic E-state index is 13.2. The predicted octanol–water partition coefficient (Wildman–Crippen LogP) is 3.58. The molecule has 2 atom stereocenters. The molecule has 0 aliphatic heterocycles. The summed E-state index contributed by atoms with van der Waals surface area (Å²) in [4.78, 5) is 37.1. The van der Waals surface area contributed by atoms with Crippen molar-refractivity contribution in [3.63, 3.8) is 0 Å². The smallest absolute Gasteiger partial charge is 0.337 e. The molecular formula is C21H25NO5. The van der Waals surface area contributed by atoms with Gasteiger partial charge in [-0.05, 0) is 48.8 Å². The van der Waals surface area contributed by atoms with Crippen LogP contribution in [0.3, 0.4) is 0 Å². The molecule has 3 rings (SSSR count). The average molecular weight is 371 g/mol. The maximum absolute atomic E-state index is 13.2. The summed E-state index contributed by atoms with van der Waals surface area (Å²) in [5.41, 5.74) is 0.993. The van der Waals surface area contributed by atoms with E-state index in [-0.39, 0.29) is 22.4 Å². The Hall–Kier alpha value is -2.63. The molecule has 1 amide bonds. The van der Waals surface area contributed by atoms with E-state index in [4.69, 9.17) is 9.47 Å². The Morgan fingerprint density at radius 1 is 1.07 bits per heavy atom. The quantitative estimate of drug-likeness (QED) is 0.646. The number of methoxy groups -OCH3 is 2. The van der Waals surface area contributed by atoms with Crippen molar-refractivity contribution in [2.45, 2.75) is 33.1 Å². The minimum atomic E-state index is -0.596. The van der Waals surface area contributed by atoms with Crippen molar-refractivity contribution in [3.05, 3.63) is 41.5 Å². The lowest BCUT2D eigenvalue weighted by Gasteiger charge is -2.37. The number of carbonyl (C=O) groups excluding carboxylic acids is 3. The number of hydrogen-bond acceptors (Lipinski definition) is 5. The molecule has 2 saturated carbocycles. The van der Waals surface area contributed by atoms with Crippen molar-refractivity contribution in [2.24, 2.45) is 16.7 Å². The van der Waals surface area contributed by atoms with Crippen molar-refractivity contribution in [1.29, 1.82) is 0 Å². The second-order valence-corrected chi connectivity index (χ2v) is 7.96. The Morgan fingerprint density at radius 3 is 2.07 bits per heavy atom. The van der Waals surface area contributed by atoms with Gasteiger partial charge in [0, 0.05) is 5.69 Å². The molecular weight excluding hydrogens is 346 g/mol. The summed E-state index contributed by atoms with van der Waals surface area (Å²) < 4.78 is 9.48. The van der Waals surface area contributed by atoms with Crippen LogP contribution in [0.1, 0.15) is 53.8 Å². The van der Waals surface area contributed by atoms with Crippen LogP contribution in [0.25, 0.3) is 0 Å². The maximum Gasteiger partial charge on any atom is 0.337 e. The number of rotatable bonds is 4. The molecule has 1 aromatic rings. The third-order valence-corrected chi connectivity index (χ3v) is 6.36. The molecule has 27 heavy (non-hydrogen) atoms. The number of anilines is 1. The molecule has 0 heterocycles. The number of fused-ring (bicyclic) bond motifs is 2. The second kappa shape index (κ2) is 6.51. The number of carbonyl (C=O) groups is 3. The minimum absolute atomic E-state index is 0.0688. The van der Waals surface area contributed by atoms with Crippen molar-refractivity contribution >= 4 is 23.5 Å². The van der Waals surface area contributed by atoms with Gasteiger partial charge in [-0.3, -0.25) is 4.79 Å². The van der Waals surface area contributed by atoms with E-state index in [0.29, 0.717) is 11.6 Å². The SMILES string of the molecule is C=C1C(C)(C)[C@@H]2CC[C@]1(C(=O)Nc1cc(C(=O)OC)cc(C(=O)OC)c1)C2. The van der Waals surface area contributed by atoms with Gasteiger partial charge in [0.05, 0.1) is 30.8 Å². The fourth-order valence-corrected chi connectivity index (χ4v) is 4.56. The lowest BCUT2D eigenvalue weighted by Crippen LogP contribution is -2.37. The molecule has 6 nitrogen and oxygen atoms in total. The molecule has 0 radical (unpaired) electrons. The molecule has 2 aliphatic carbocycles. The van der Waals surface area contributed by atoms with Crippen LogP contribution in [-0.4, -0.2) is 32.1 Å². The van der Waals surface area contributed by atoms with Crippen LogP contribution in [0.15, 0.2) is 30.4 Å². The van der Waals surface area contributed by atoms with Crippen LogP contribution < -0.4 is 5.32 Å². The number of amides is 1. The first-order valence-corrected chi connectivity index (χ1v) is 8.99. The highest BCUT2D eigenvalue weighted by Crippen LogP contribution is 2.65. The van der Waals surface area contributed by atoms with Gasteiger partial charge in [0.25, 0.3) is 0 Å². The summed E-state index contributed by atoms with van der Waals surface area (Å²) in [5.74, 6) is -0.885. The van der Waals surface area contributed by atoms with Crippen LogP contribution in [0.4, 0.5) is 5.69 Å². The van der Waals surface area contributed by atoms with E-state index in [1.165, 1.54) is 32.4 Å².